The molecule has 1 unspecified atom stereocenters. The van der Waals surface area contributed by atoms with E-state index >= 15 is 0 Å². The van der Waals surface area contributed by atoms with E-state index in [1.807, 2.05) is 0 Å². The third-order valence-electron chi connectivity index (χ3n) is 1.99. The number of benzene rings is 1. The van der Waals surface area contributed by atoms with Crippen LogP contribution >= 0.6 is 0 Å². The van der Waals surface area contributed by atoms with Gasteiger partial charge in [0.2, 0.25) is 5.82 Å². The van der Waals surface area contributed by atoms with Gasteiger partial charge in [0.25, 0.3) is 0 Å². The third kappa shape index (κ3) is 1.63. The molecule has 0 spiro atoms. The van der Waals surface area contributed by atoms with Crippen LogP contribution in [0.1, 0.15) is 10.6 Å². The van der Waals surface area contributed by atoms with Gasteiger partial charge in [-0.3, -0.25) is 4.21 Å². The number of carboxylic acids is 1. The molecule has 0 saturated carbocycles. The van der Waals surface area contributed by atoms with Gasteiger partial charge < -0.3 is 10.1 Å². The molecule has 1 aromatic carbocycles. The van der Waals surface area contributed by atoms with Crippen molar-refractivity contribution >= 4 is 27.8 Å². The van der Waals surface area contributed by atoms with Crippen molar-refractivity contribution in [3.05, 3.63) is 24.0 Å². The lowest BCUT2D eigenvalue weighted by Crippen LogP contribution is -1.98. The van der Waals surface area contributed by atoms with Gasteiger partial charge in [-0.25, -0.2) is 9.78 Å². The van der Waals surface area contributed by atoms with Gasteiger partial charge in [0.1, 0.15) is 5.52 Å². The van der Waals surface area contributed by atoms with Gasteiger partial charge in [-0.15, -0.1) is 0 Å². The number of aromatic nitrogens is 2. The Morgan fingerprint density at radius 3 is 2.87 bits per heavy atom. The monoisotopic (exact) mass is 224 g/mol. The highest BCUT2D eigenvalue weighted by Gasteiger charge is 2.13. The molecule has 15 heavy (non-hydrogen) atoms. The standard InChI is InChI=1S/C9H8N2O3S/c1-15(14)6-4-2-3-5-7(6)11-8(10-5)9(12)13/h2-4H,1H3,(H,10,11)(H,12,13). The van der Waals surface area contributed by atoms with Crippen molar-refractivity contribution in [2.24, 2.45) is 0 Å². The van der Waals surface area contributed by atoms with Crippen LogP contribution in [0.2, 0.25) is 0 Å². The predicted molar refractivity (Wildman–Crippen MR) is 55.4 cm³/mol. The lowest BCUT2D eigenvalue weighted by atomic mass is 10.3. The molecule has 1 heterocycles. The third-order valence-corrected chi connectivity index (χ3v) is 2.94. The minimum Gasteiger partial charge on any atom is -0.475 e. The van der Waals surface area contributed by atoms with Gasteiger partial charge in [-0.1, -0.05) is 6.07 Å². The van der Waals surface area contributed by atoms with E-state index in [-0.39, 0.29) is 5.82 Å². The van der Waals surface area contributed by atoms with Crippen LogP contribution in [0.15, 0.2) is 23.1 Å². The fourth-order valence-corrected chi connectivity index (χ4v) is 2.04. The second kappa shape index (κ2) is 3.47. The molecule has 0 radical (unpaired) electrons. The van der Waals surface area contributed by atoms with E-state index in [9.17, 15) is 9.00 Å². The minimum atomic E-state index is -1.18. The molecule has 78 valence electrons. The Kier molecular flexibility index (Phi) is 2.28. The Hall–Kier alpha value is -1.69. The SMILES string of the molecule is CS(=O)c1cccc2[nH]c(C(=O)O)nc12. The van der Waals surface area contributed by atoms with Crippen molar-refractivity contribution in [3.8, 4) is 0 Å². The molecule has 0 fully saturated rings. The summed E-state index contributed by atoms with van der Waals surface area (Å²) in [7, 11) is -1.18. The summed E-state index contributed by atoms with van der Waals surface area (Å²) in [6.45, 7) is 0. The number of nitrogens with zero attached hydrogens (tertiary/aromatic N) is 1. The minimum absolute atomic E-state index is 0.136. The molecule has 0 bridgehead atoms. The number of fused-ring (bicyclic) bond motifs is 1. The van der Waals surface area contributed by atoms with Gasteiger partial charge in [0.15, 0.2) is 0 Å². The Bertz CT molecular complexity index is 561. The zero-order valence-electron chi connectivity index (χ0n) is 7.85. The van der Waals surface area contributed by atoms with Crippen LogP contribution in [0.5, 0.6) is 0 Å². The van der Waals surface area contributed by atoms with Crippen molar-refractivity contribution in [3.63, 3.8) is 0 Å². The number of hydrogen-bond acceptors (Lipinski definition) is 3. The van der Waals surface area contributed by atoms with E-state index in [0.717, 1.165) is 0 Å². The molecule has 0 aliphatic heterocycles. The van der Waals surface area contributed by atoms with E-state index in [4.69, 9.17) is 5.11 Å². The first-order valence-corrected chi connectivity index (χ1v) is 5.71. The molecule has 0 saturated heterocycles. The molecule has 1 atom stereocenters. The number of imidazole rings is 1. The molecule has 0 amide bonds. The molecule has 6 heteroatoms. The van der Waals surface area contributed by atoms with Crippen LogP contribution in [-0.4, -0.2) is 31.5 Å². The summed E-state index contributed by atoms with van der Waals surface area (Å²) >= 11 is 0. The molecule has 1 aromatic heterocycles. The number of para-hydroxylation sites is 1. The number of rotatable bonds is 2. The molecular formula is C9H8N2O3S. The highest BCUT2D eigenvalue weighted by molar-refractivity contribution is 7.84. The normalized spacial score (nSPS) is 12.9. The van der Waals surface area contributed by atoms with E-state index < -0.39 is 16.8 Å². The number of hydrogen-bond donors (Lipinski definition) is 2. The van der Waals surface area contributed by atoms with Gasteiger partial charge in [-0.2, -0.15) is 0 Å². The number of nitrogens with one attached hydrogen (secondary N) is 1. The van der Waals surface area contributed by atoms with Crippen LogP contribution < -0.4 is 0 Å². The van der Waals surface area contributed by atoms with Crippen LogP contribution in [0.3, 0.4) is 0 Å². The first-order chi connectivity index (χ1) is 7.09. The molecule has 2 rings (SSSR count). The topological polar surface area (TPSA) is 83.0 Å². The first-order valence-electron chi connectivity index (χ1n) is 4.15. The Morgan fingerprint density at radius 2 is 2.27 bits per heavy atom. The Labute approximate surface area is 87.6 Å². The van der Waals surface area contributed by atoms with E-state index in [0.29, 0.717) is 15.9 Å². The van der Waals surface area contributed by atoms with Gasteiger partial charge in [0.05, 0.1) is 21.2 Å². The lowest BCUT2D eigenvalue weighted by molar-refractivity contribution is 0.0685. The van der Waals surface area contributed by atoms with Crippen molar-refractivity contribution < 1.29 is 14.1 Å². The summed E-state index contributed by atoms with van der Waals surface area (Å²) in [4.78, 5) is 17.8. The second-order valence-corrected chi connectivity index (χ2v) is 4.35. The maximum atomic E-state index is 11.3. The summed E-state index contributed by atoms with van der Waals surface area (Å²) in [6.07, 6.45) is 1.53. The number of aromatic carboxylic acids is 1. The largest absolute Gasteiger partial charge is 0.475 e. The molecular weight excluding hydrogens is 216 g/mol. The van der Waals surface area contributed by atoms with Crippen molar-refractivity contribution in [2.75, 3.05) is 6.26 Å². The summed E-state index contributed by atoms with van der Waals surface area (Å²) < 4.78 is 11.3. The average Bonchev–Trinajstić information content (AvgIpc) is 2.60. The van der Waals surface area contributed by atoms with Gasteiger partial charge >= 0.3 is 5.97 Å². The average molecular weight is 224 g/mol. The van der Waals surface area contributed by atoms with Crippen LogP contribution in [0, 0.1) is 0 Å². The Morgan fingerprint density at radius 1 is 1.53 bits per heavy atom. The second-order valence-electron chi connectivity index (χ2n) is 3.00. The number of carboxylic acid groups (broad SMARTS) is 1. The number of H-pyrrole nitrogens is 1. The lowest BCUT2D eigenvalue weighted by Gasteiger charge is -1.95. The zero-order valence-corrected chi connectivity index (χ0v) is 8.67. The van der Waals surface area contributed by atoms with Crippen LogP contribution in [0.25, 0.3) is 11.0 Å². The molecule has 0 aliphatic carbocycles. The highest BCUT2D eigenvalue weighted by Crippen LogP contribution is 2.18. The van der Waals surface area contributed by atoms with E-state index in [2.05, 4.69) is 9.97 Å². The maximum Gasteiger partial charge on any atom is 0.371 e. The first kappa shape index (κ1) is 9.85. The quantitative estimate of drug-likeness (QED) is 0.797. The summed E-state index contributed by atoms with van der Waals surface area (Å²) in [5, 5.41) is 8.75. The predicted octanol–water partition coefficient (Wildman–Crippen LogP) is 0.998. The fraction of sp³-hybridized carbons (Fsp3) is 0.111. The molecule has 0 aliphatic rings. The molecule has 2 aromatic rings. The van der Waals surface area contributed by atoms with E-state index in [1.54, 1.807) is 18.2 Å². The maximum absolute atomic E-state index is 11.3. The summed E-state index contributed by atoms with van der Waals surface area (Å²) in [6, 6.07) is 5.08. The number of aromatic amines is 1. The number of carbonyl (C=O) groups is 1. The highest BCUT2D eigenvalue weighted by atomic mass is 32.2. The van der Waals surface area contributed by atoms with Gasteiger partial charge in [-0.05, 0) is 12.1 Å². The van der Waals surface area contributed by atoms with E-state index in [1.165, 1.54) is 6.26 Å². The smallest absolute Gasteiger partial charge is 0.371 e. The summed E-state index contributed by atoms with van der Waals surface area (Å²) in [5.41, 5.74) is 1.04. The van der Waals surface area contributed by atoms with Crippen LogP contribution in [0.4, 0.5) is 0 Å². The molecule has 5 nitrogen and oxygen atoms in total. The van der Waals surface area contributed by atoms with Crippen molar-refractivity contribution in [1.82, 2.24) is 9.97 Å². The van der Waals surface area contributed by atoms with Crippen molar-refractivity contribution in [2.45, 2.75) is 4.90 Å². The summed E-state index contributed by atoms with van der Waals surface area (Å²) in [5.74, 6) is -1.26. The fourth-order valence-electron chi connectivity index (χ4n) is 1.34. The van der Waals surface area contributed by atoms with Gasteiger partial charge in [0, 0.05) is 6.26 Å². The zero-order chi connectivity index (χ0) is 11.0. The van der Waals surface area contributed by atoms with Crippen LogP contribution in [-0.2, 0) is 10.8 Å². The Balaban J connectivity index is 2.75. The van der Waals surface area contributed by atoms with Crippen molar-refractivity contribution in [1.29, 1.82) is 0 Å². The molecule has 2 N–H and O–H groups in total.